The summed E-state index contributed by atoms with van der Waals surface area (Å²) < 4.78 is 5.45. The van der Waals surface area contributed by atoms with Crippen molar-refractivity contribution in [3.05, 3.63) is 35.9 Å². The Labute approximate surface area is 156 Å². The zero-order valence-corrected chi connectivity index (χ0v) is 16.0. The molecule has 0 saturated heterocycles. The number of hydrogen-bond donors (Lipinski definition) is 0. The fourth-order valence-corrected chi connectivity index (χ4v) is 4.18. The van der Waals surface area contributed by atoms with Gasteiger partial charge >= 0.3 is 5.97 Å². The summed E-state index contributed by atoms with van der Waals surface area (Å²) in [7, 11) is 0. The van der Waals surface area contributed by atoms with Crippen LogP contribution in [-0.2, 0) is 14.3 Å². The van der Waals surface area contributed by atoms with Crippen molar-refractivity contribution < 1.29 is 19.1 Å². The lowest BCUT2D eigenvalue weighted by Gasteiger charge is -2.27. The van der Waals surface area contributed by atoms with Crippen molar-refractivity contribution in [1.29, 1.82) is 0 Å². The highest BCUT2D eigenvalue weighted by Crippen LogP contribution is 2.38. The lowest BCUT2D eigenvalue weighted by Crippen LogP contribution is -2.32. The first kappa shape index (κ1) is 20.3. The van der Waals surface area contributed by atoms with Crippen LogP contribution in [0.3, 0.4) is 0 Å². The van der Waals surface area contributed by atoms with E-state index in [1.165, 1.54) is 0 Å². The fraction of sp³-hybridized carbons (Fsp3) is 0.591. The molecule has 0 amide bonds. The largest absolute Gasteiger partial charge is 0.462 e. The lowest BCUT2D eigenvalue weighted by molar-refractivity contribution is -0.130. The van der Waals surface area contributed by atoms with Crippen LogP contribution >= 0.6 is 0 Å². The van der Waals surface area contributed by atoms with E-state index in [4.69, 9.17) is 4.74 Å². The molecule has 0 radical (unpaired) electrons. The molecule has 1 aliphatic carbocycles. The van der Waals surface area contributed by atoms with Crippen molar-refractivity contribution in [2.45, 2.75) is 46.5 Å². The zero-order valence-electron chi connectivity index (χ0n) is 16.0. The Morgan fingerprint density at radius 2 is 1.92 bits per heavy atom. The Bertz CT molecular complexity index is 610. The summed E-state index contributed by atoms with van der Waals surface area (Å²) in [4.78, 5) is 35.9. The summed E-state index contributed by atoms with van der Waals surface area (Å²) in [6.45, 7) is 6.42. The topological polar surface area (TPSA) is 60.4 Å². The molecule has 0 aliphatic heterocycles. The molecule has 1 aromatic carbocycles. The van der Waals surface area contributed by atoms with Crippen molar-refractivity contribution in [3.8, 4) is 0 Å². The van der Waals surface area contributed by atoms with E-state index in [1.807, 2.05) is 19.9 Å². The van der Waals surface area contributed by atoms with Crippen LogP contribution in [-0.4, -0.2) is 24.6 Å². The monoisotopic (exact) mass is 358 g/mol. The zero-order chi connectivity index (χ0) is 19.1. The number of rotatable bonds is 7. The summed E-state index contributed by atoms with van der Waals surface area (Å²) in [5.41, 5.74) is 0.530. The average molecular weight is 358 g/mol. The van der Waals surface area contributed by atoms with E-state index in [-0.39, 0.29) is 42.0 Å². The average Bonchev–Trinajstić information content (AvgIpc) is 2.76. The Kier molecular flexibility index (Phi) is 7.55. The number of benzene rings is 1. The minimum absolute atomic E-state index is 0.00497. The number of Topliss-reactive ketones (excluding diaryl/α,β-unsaturated/α-hetero) is 1. The molecule has 1 aromatic rings. The third-order valence-corrected chi connectivity index (χ3v) is 5.91. The number of carbonyl (C=O) groups excluding carboxylic acids is 3. The molecule has 1 fully saturated rings. The highest BCUT2D eigenvalue weighted by atomic mass is 16.5. The minimum Gasteiger partial charge on any atom is -0.462 e. The first-order valence-electron chi connectivity index (χ1n) is 9.65. The van der Waals surface area contributed by atoms with Gasteiger partial charge < -0.3 is 9.53 Å². The molecule has 1 saturated carbocycles. The first-order valence-corrected chi connectivity index (χ1v) is 9.65. The number of ether oxygens (including phenoxy) is 1. The number of ketones is 1. The van der Waals surface area contributed by atoms with Gasteiger partial charge in [-0.15, -0.1) is 0 Å². The maximum Gasteiger partial charge on any atom is 0.338 e. The summed E-state index contributed by atoms with van der Waals surface area (Å²) in [6.07, 6.45) is 4.04. The molecule has 1 aliphatic rings. The lowest BCUT2D eigenvalue weighted by atomic mass is 9.77. The van der Waals surface area contributed by atoms with Gasteiger partial charge in [0.05, 0.1) is 12.2 Å². The van der Waals surface area contributed by atoms with Gasteiger partial charge in [0.1, 0.15) is 12.1 Å². The van der Waals surface area contributed by atoms with E-state index in [9.17, 15) is 14.4 Å². The molecule has 0 heterocycles. The third-order valence-electron chi connectivity index (χ3n) is 5.91. The maximum absolute atomic E-state index is 13.0. The van der Waals surface area contributed by atoms with Crippen LogP contribution in [0.4, 0.5) is 0 Å². The molecule has 0 bridgehead atoms. The molecule has 4 heteroatoms. The van der Waals surface area contributed by atoms with Crippen LogP contribution in [0.2, 0.25) is 0 Å². The molecule has 2 rings (SSSR count). The van der Waals surface area contributed by atoms with Gasteiger partial charge in [-0.3, -0.25) is 4.79 Å². The van der Waals surface area contributed by atoms with Crippen molar-refractivity contribution in [3.63, 3.8) is 0 Å². The molecular weight excluding hydrogens is 328 g/mol. The van der Waals surface area contributed by atoms with E-state index in [0.29, 0.717) is 17.9 Å². The van der Waals surface area contributed by atoms with Gasteiger partial charge in [0.2, 0.25) is 0 Å². The van der Waals surface area contributed by atoms with Gasteiger partial charge in [-0.1, -0.05) is 39.0 Å². The van der Waals surface area contributed by atoms with Crippen LogP contribution in [0.5, 0.6) is 0 Å². The molecule has 0 aromatic heterocycles. The van der Waals surface area contributed by atoms with Crippen molar-refractivity contribution in [1.82, 2.24) is 0 Å². The Balaban J connectivity index is 1.97. The van der Waals surface area contributed by atoms with Gasteiger partial charge in [0.15, 0.2) is 0 Å². The number of hydrogen-bond acceptors (Lipinski definition) is 4. The highest BCUT2D eigenvalue weighted by molar-refractivity contribution is 5.89. The molecule has 26 heavy (non-hydrogen) atoms. The normalized spacial score (nSPS) is 27.4. The van der Waals surface area contributed by atoms with Crippen molar-refractivity contribution >= 4 is 18.0 Å². The second-order valence-electron chi connectivity index (χ2n) is 7.70. The molecule has 142 valence electrons. The predicted octanol–water partition coefficient (Wildman–Crippen LogP) is 4.33. The molecule has 0 unspecified atom stereocenters. The van der Waals surface area contributed by atoms with Crippen LogP contribution in [0.15, 0.2) is 30.3 Å². The van der Waals surface area contributed by atoms with E-state index in [2.05, 4.69) is 6.92 Å². The van der Waals surface area contributed by atoms with Crippen molar-refractivity contribution in [2.24, 2.45) is 29.6 Å². The third kappa shape index (κ3) is 5.03. The van der Waals surface area contributed by atoms with E-state index in [0.717, 1.165) is 25.5 Å². The van der Waals surface area contributed by atoms with Crippen LogP contribution < -0.4 is 0 Å². The van der Waals surface area contributed by atoms with Crippen LogP contribution in [0.1, 0.15) is 56.8 Å². The van der Waals surface area contributed by atoms with Gasteiger partial charge in [-0.05, 0) is 43.2 Å². The quantitative estimate of drug-likeness (QED) is 0.414. The first-order chi connectivity index (χ1) is 12.5. The van der Waals surface area contributed by atoms with Gasteiger partial charge in [0.25, 0.3) is 0 Å². The van der Waals surface area contributed by atoms with Crippen LogP contribution in [0, 0.1) is 29.6 Å². The Morgan fingerprint density at radius 3 is 2.58 bits per heavy atom. The number of esters is 1. The SMILES string of the molecule is C[C@H](COC(=O)c1ccccc1)[C@@H]1CC[C@H](C)[C@@H](CCC=O)[C@H](C)C1=O. The van der Waals surface area contributed by atoms with Gasteiger partial charge in [0, 0.05) is 24.2 Å². The van der Waals surface area contributed by atoms with E-state index in [1.54, 1.807) is 24.3 Å². The highest BCUT2D eigenvalue weighted by Gasteiger charge is 2.38. The molecule has 0 N–H and O–H groups in total. The molecule has 5 atom stereocenters. The summed E-state index contributed by atoms with van der Waals surface area (Å²) in [5, 5.41) is 0. The summed E-state index contributed by atoms with van der Waals surface area (Å²) in [5.74, 6) is 0.462. The van der Waals surface area contributed by atoms with Gasteiger partial charge in [-0.2, -0.15) is 0 Å². The van der Waals surface area contributed by atoms with E-state index < -0.39 is 0 Å². The fourth-order valence-electron chi connectivity index (χ4n) is 4.18. The van der Waals surface area contributed by atoms with Crippen molar-refractivity contribution in [2.75, 3.05) is 6.61 Å². The van der Waals surface area contributed by atoms with Crippen LogP contribution in [0.25, 0.3) is 0 Å². The summed E-state index contributed by atoms with van der Waals surface area (Å²) in [6, 6.07) is 8.92. The Hall–Kier alpha value is -1.97. The van der Waals surface area contributed by atoms with Gasteiger partial charge in [-0.25, -0.2) is 4.79 Å². The minimum atomic E-state index is -0.344. The second-order valence-corrected chi connectivity index (χ2v) is 7.70. The summed E-state index contributed by atoms with van der Waals surface area (Å²) >= 11 is 0. The molecular formula is C22H30O4. The standard InChI is InChI=1S/C22H30O4/c1-15-11-12-20(21(24)17(3)19(15)10-7-13-23)16(2)14-26-22(25)18-8-5-4-6-9-18/h4-6,8-9,13,15-17,19-20H,7,10-12,14H2,1-3H3/t15-,16+,17-,19+,20-/m0/s1. The molecule has 0 spiro atoms. The second kappa shape index (κ2) is 9.65. The molecule has 4 nitrogen and oxygen atoms in total. The Morgan fingerprint density at radius 1 is 1.23 bits per heavy atom. The maximum atomic E-state index is 13.0. The van der Waals surface area contributed by atoms with E-state index >= 15 is 0 Å². The smallest absolute Gasteiger partial charge is 0.338 e. The number of aldehydes is 1. The predicted molar refractivity (Wildman–Crippen MR) is 101 cm³/mol. The number of carbonyl (C=O) groups is 3.